The Labute approximate surface area is 193 Å². The summed E-state index contributed by atoms with van der Waals surface area (Å²) in [6.45, 7) is 3.06. The molecule has 1 saturated heterocycles. The van der Waals surface area contributed by atoms with E-state index >= 15 is 0 Å². The molecule has 5 rings (SSSR count). The van der Waals surface area contributed by atoms with Crippen LogP contribution in [0.5, 0.6) is 0 Å². The fraction of sp³-hybridized carbons (Fsp3) is 0.520. The number of hydrogen-bond donors (Lipinski definition) is 3. The lowest BCUT2D eigenvalue weighted by Crippen LogP contribution is -2.42. The van der Waals surface area contributed by atoms with Crippen LogP contribution in [0.1, 0.15) is 56.2 Å². The van der Waals surface area contributed by atoms with Crippen LogP contribution in [0.4, 0.5) is 17.2 Å². The quantitative estimate of drug-likeness (QED) is 0.642. The Morgan fingerprint density at radius 2 is 1.94 bits per heavy atom. The van der Waals surface area contributed by atoms with E-state index in [-0.39, 0.29) is 17.7 Å². The molecule has 1 atom stereocenters. The topological polar surface area (TPSA) is 105 Å². The molecule has 2 aliphatic heterocycles. The highest BCUT2D eigenvalue weighted by Crippen LogP contribution is 2.45. The summed E-state index contributed by atoms with van der Waals surface area (Å²) in [6.07, 6.45) is 10.2. The van der Waals surface area contributed by atoms with E-state index in [1.807, 2.05) is 25.1 Å². The molecule has 2 aromatic rings. The van der Waals surface area contributed by atoms with E-state index in [9.17, 15) is 9.59 Å². The van der Waals surface area contributed by atoms with Crippen LogP contribution in [0.25, 0.3) is 0 Å². The molecule has 8 heteroatoms. The molecule has 1 spiro atoms. The zero-order valence-corrected chi connectivity index (χ0v) is 19.0. The molecule has 1 aromatic heterocycles. The van der Waals surface area contributed by atoms with Crippen LogP contribution >= 0.6 is 0 Å². The van der Waals surface area contributed by atoms with Gasteiger partial charge in [0.05, 0.1) is 23.5 Å². The summed E-state index contributed by atoms with van der Waals surface area (Å²) in [7, 11) is 0. The molecule has 2 fully saturated rings. The van der Waals surface area contributed by atoms with Gasteiger partial charge in [0.2, 0.25) is 11.8 Å². The minimum Gasteiger partial charge on any atom is -0.381 e. The van der Waals surface area contributed by atoms with Crippen molar-refractivity contribution >= 4 is 29.0 Å². The Morgan fingerprint density at radius 1 is 1.15 bits per heavy atom. The van der Waals surface area contributed by atoms with E-state index < -0.39 is 11.5 Å². The number of rotatable bonds is 5. The number of anilines is 3. The van der Waals surface area contributed by atoms with Crippen molar-refractivity contribution in [1.29, 1.82) is 0 Å². The number of amides is 2. The first-order chi connectivity index (χ1) is 16.0. The molecule has 1 aromatic carbocycles. The summed E-state index contributed by atoms with van der Waals surface area (Å²) in [5.74, 6) is 0.786. The third kappa shape index (κ3) is 4.31. The van der Waals surface area contributed by atoms with E-state index in [4.69, 9.17) is 4.74 Å². The summed E-state index contributed by atoms with van der Waals surface area (Å²) in [6, 6.07) is 5.35. The fourth-order valence-corrected chi connectivity index (χ4v) is 5.43. The molecular formula is C25H31N5O3. The van der Waals surface area contributed by atoms with Gasteiger partial charge in [-0.05, 0) is 56.2 Å². The number of benzene rings is 1. The number of nitrogens with one attached hydrogen (secondary N) is 3. The molecule has 1 aliphatic carbocycles. The van der Waals surface area contributed by atoms with Crippen molar-refractivity contribution in [3.8, 4) is 0 Å². The van der Waals surface area contributed by atoms with Gasteiger partial charge in [-0.2, -0.15) is 0 Å². The molecule has 0 radical (unpaired) electrons. The normalized spacial score (nSPS) is 20.7. The van der Waals surface area contributed by atoms with E-state index in [0.717, 1.165) is 42.6 Å². The van der Waals surface area contributed by atoms with Crippen molar-refractivity contribution in [2.45, 2.75) is 63.3 Å². The van der Waals surface area contributed by atoms with Gasteiger partial charge in [0.15, 0.2) is 0 Å². The minimum absolute atomic E-state index is 0.0315. The molecule has 0 bridgehead atoms. The Balaban J connectivity index is 1.35. The Kier molecular flexibility index (Phi) is 6.01. The van der Waals surface area contributed by atoms with Crippen molar-refractivity contribution < 1.29 is 14.3 Å². The second kappa shape index (κ2) is 9.09. The first kappa shape index (κ1) is 21.8. The highest BCUT2D eigenvalue weighted by atomic mass is 16.5. The number of carbonyl (C=O) groups excluding carboxylic acids is 2. The van der Waals surface area contributed by atoms with Crippen LogP contribution in [0, 0.1) is 12.8 Å². The van der Waals surface area contributed by atoms with Crippen molar-refractivity contribution in [3.05, 3.63) is 41.9 Å². The van der Waals surface area contributed by atoms with Gasteiger partial charge in [-0.25, -0.2) is 4.98 Å². The van der Waals surface area contributed by atoms with Gasteiger partial charge >= 0.3 is 0 Å². The van der Waals surface area contributed by atoms with Gasteiger partial charge < -0.3 is 20.7 Å². The van der Waals surface area contributed by atoms with Gasteiger partial charge in [0.1, 0.15) is 11.9 Å². The van der Waals surface area contributed by atoms with Gasteiger partial charge in [0, 0.05) is 24.6 Å². The maximum Gasteiger partial charge on any atom is 0.247 e. The molecule has 3 N–H and O–H groups in total. The average molecular weight is 450 g/mol. The second-order valence-electron chi connectivity index (χ2n) is 9.46. The lowest BCUT2D eigenvalue weighted by Gasteiger charge is -2.31. The molecular weight excluding hydrogens is 418 g/mol. The summed E-state index contributed by atoms with van der Waals surface area (Å²) in [4.78, 5) is 34.9. The second-order valence-corrected chi connectivity index (χ2v) is 9.46. The zero-order chi connectivity index (χ0) is 22.8. The first-order valence-corrected chi connectivity index (χ1v) is 11.9. The number of hydrogen-bond acceptors (Lipinski definition) is 6. The van der Waals surface area contributed by atoms with Gasteiger partial charge in [0.25, 0.3) is 0 Å². The predicted molar refractivity (Wildman–Crippen MR) is 126 cm³/mol. The summed E-state index contributed by atoms with van der Waals surface area (Å²) >= 11 is 0. The number of carbonyl (C=O) groups is 2. The molecule has 3 aliphatic rings. The smallest absolute Gasteiger partial charge is 0.247 e. The van der Waals surface area contributed by atoms with Crippen LogP contribution in [-0.4, -0.2) is 41.0 Å². The standard InChI is InChI=1S/C25H31N5O3/c1-16-14-27-21(15-26-16)30-22(17-5-3-2-4-6-17)23(31)28-18-7-8-19-20(13-18)29-24(32)25(19)9-11-33-12-10-25/h7-8,13-15,17,22H,2-6,9-12H2,1H3,(H,27,30)(H,28,31)(H,29,32). The predicted octanol–water partition coefficient (Wildman–Crippen LogP) is 3.78. The van der Waals surface area contributed by atoms with Gasteiger partial charge in [-0.15, -0.1) is 0 Å². The maximum atomic E-state index is 13.4. The van der Waals surface area contributed by atoms with Crippen LogP contribution in [0.3, 0.4) is 0 Å². The summed E-state index contributed by atoms with van der Waals surface area (Å²) in [5, 5.41) is 9.44. The lowest BCUT2D eigenvalue weighted by atomic mass is 9.75. The van der Waals surface area contributed by atoms with Crippen molar-refractivity contribution in [2.24, 2.45) is 5.92 Å². The molecule has 8 nitrogen and oxygen atoms in total. The first-order valence-electron chi connectivity index (χ1n) is 11.9. The molecule has 1 unspecified atom stereocenters. The number of aromatic nitrogens is 2. The third-order valence-corrected chi connectivity index (χ3v) is 7.32. The lowest BCUT2D eigenvalue weighted by molar-refractivity contribution is -0.124. The SMILES string of the molecule is Cc1cnc(NC(C(=O)Nc2ccc3c(c2)NC(=O)C32CCOCC2)C2CCCCC2)cn1. The fourth-order valence-electron chi connectivity index (χ4n) is 5.43. The highest BCUT2D eigenvalue weighted by Gasteiger charge is 2.47. The van der Waals surface area contributed by atoms with Gasteiger partial charge in [-0.1, -0.05) is 25.3 Å². The molecule has 174 valence electrons. The monoisotopic (exact) mass is 449 g/mol. The molecule has 1 saturated carbocycles. The molecule has 3 heterocycles. The van der Waals surface area contributed by atoms with E-state index in [2.05, 4.69) is 25.9 Å². The van der Waals surface area contributed by atoms with Crippen LogP contribution < -0.4 is 16.0 Å². The van der Waals surface area contributed by atoms with Gasteiger partial charge in [-0.3, -0.25) is 14.6 Å². The summed E-state index contributed by atoms with van der Waals surface area (Å²) in [5.41, 5.74) is 2.80. The third-order valence-electron chi connectivity index (χ3n) is 7.32. The van der Waals surface area contributed by atoms with Crippen molar-refractivity contribution in [3.63, 3.8) is 0 Å². The number of aryl methyl sites for hydroxylation is 1. The Hall–Kier alpha value is -3.00. The van der Waals surface area contributed by atoms with E-state index in [0.29, 0.717) is 37.6 Å². The molecule has 33 heavy (non-hydrogen) atoms. The largest absolute Gasteiger partial charge is 0.381 e. The molecule has 2 amide bonds. The maximum absolute atomic E-state index is 13.4. The summed E-state index contributed by atoms with van der Waals surface area (Å²) < 4.78 is 5.48. The minimum atomic E-state index is -0.508. The zero-order valence-electron chi connectivity index (χ0n) is 19.0. The average Bonchev–Trinajstić information content (AvgIpc) is 3.09. The Morgan fingerprint density at radius 3 is 2.67 bits per heavy atom. The van der Waals surface area contributed by atoms with Crippen LogP contribution in [0.2, 0.25) is 0 Å². The van der Waals surface area contributed by atoms with Crippen molar-refractivity contribution in [2.75, 3.05) is 29.2 Å². The number of nitrogens with zero attached hydrogens (tertiary/aromatic N) is 2. The van der Waals surface area contributed by atoms with Crippen LogP contribution in [-0.2, 0) is 19.7 Å². The van der Waals surface area contributed by atoms with Crippen LogP contribution in [0.15, 0.2) is 30.6 Å². The van der Waals surface area contributed by atoms with Crippen molar-refractivity contribution in [1.82, 2.24) is 9.97 Å². The Bertz CT molecular complexity index is 1030. The highest BCUT2D eigenvalue weighted by molar-refractivity contribution is 6.07. The number of fused-ring (bicyclic) bond motifs is 2. The van der Waals surface area contributed by atoms with E-state index in [1.54, 1.807) is 12.4 Å². The van der Waals surface area contributed by atoms with E-state index in [1.165, 1.54) is 6.42 Å². The number of ether oxygens (including phenoxy) is 1.